The second-order valence-corrected chi connectivity index (χ2v) is 10.4. The molecule has 2 aromatic rings. The molecule has 0 saturated carbocycles. The van der Waals surface area contributed by atoms with E-state index in [0.717, 1.165) is 12.3 Å². The third-order valence-electron chi connectivity index (χ3n) is 5.31. The van der Waals surface area contributed by atoms with Gasteiger partial charge in [-0.25, -0.2) is 13.9 Å². The average molecular weight is 527 g/mol. The van der Waals surface area contributed by atoms with E-state index < -0.39 is 67.8 Å². The molecule has 0 aliphatic carbocycles. The molecule has 1 aliphatic rings. The van der Waals surface area contributed by atoms with Crippen molar-refractivity contribution < 1.29 is 38.1 Å². The van der Waals surface area contributed by atoms with Crippen LogP contribution in [0.3, 0.4) is 0 Å². The summed E-state index contributed by atoms with van der Waals surface area (Å²) in [5.74, 6) is -0.536. The molecule has 14 heteroatoms. The van der Waals surface area contributed by atoms with Gasteiger partial charge in [0.2, 0.25) is 0 Å². The van der Waals surface area contributed by atoms with Crippen molar-refractivity contribution in [2.75, 3.05) is 6.61 Å². The fraction of sp³-hybridized carbons (Fsp3) is 0.500. The lowest BCUT2D eigenvalue weighted by Gasteiger charge is -2.27. The topological polar surface area (TPSA) is 178 Å². The number of aliphatic hydroxyl groups is 2. The van der Waals surface area contributed by atoms with Gasteiger partial charge in [-0.3, -0.25) is 14.1 Å². The number of rotatable bonds is 10. The zero-order valence-electron chi connectivity index (χ0n) is 20.2. The van der Waals surface area contributed by atoms with Crippen LogP contribution in [0.2, 0.25) is 0 Å². The normalized spacial score (nSPS) is 26.4. The van der Waals surface area contributed by atoms with Crippen LogP contribution in [0.4, 0.5) is 0 Å². The summed E-state index contributed by atoms with van der Waals surface area (Å²) < 4.78 is 36.0. The molecule has 2 heterocycles. The Bertz CT molecular complexity index is 1180. The van der Waals surface area contributed by atoms with Crippen molar-refractivity contribution in [3.63, 3.8) is 0 Å². The summed E-state index contributed by atoms with van der Waals surface area (Å²) in [5.41, 5.74) is -3.72. The van der Waals surface area contributed by atoms with Crippen molar-refractivity contribution in [3.8, 4) is 5.75 Å². The summed E-state index contributed by atoms with van der Waals surface area (Å²) in [4.78, 5) is 39.0. The van der Waals surface area contributed by atoms with Crippen LogP contribution >= 0.6 is 7.75 Å². The molecule has 13 nitrogen and oxygen atoms in total. The quantitative estimate of drug-likeness (QED) is 0.252. The summed E-state index contributed by atoms with van der Waals surface area (Å²) in [7, 11) is -4.29. The molecule has 3 rings (SSSR count). The molecule has 198 valence electrons. The molecule has 0 spiro atoms. The number of nitrogens with zero attached hydrogens (tertiary/aromatic N) is 1. The van der Waals surface area contributed by atoms with Crippen LogP contribution in [0.25, 0.3) is 0 Å². The molecule has 1 aliphatic heterocycles. The number of ether oxygens (including phenoxy) is 2. The smallest absolute Gasteiger partial charge is 0.459 e. The Labute approximate surface area is 206 Å². The highest BCUT2D eigenvalue weighted by Gasteiger charge is 2.54. The highest BCUT2D eigenvalue weighted by Crippen LogP contribution is 2.46. The van der Waals surface area contributed by atoms with Crippen LogP contribution in [0.15, 0.2) is 52.2 Å². The van der Waals surface area contributed by atoms with Crippen molar-refractivity contribution in [2.24, 2.45) is 0 Å². The van der Waals surface area contributed by atoms with E-state index in [1.807, 2.05) is 0 Å². The first-order valence-corrected chi connectivity index (χ1v) is 12.7. The summed E-state index contributed by atoms with van der Waals surface area (Å²) >= 11 is 0. The number of aromatic amines is 1. The molecular weight excluding hydrogens is 497 g/mol. The van der Waals surface area contributed by atoms with Gasteiger partial charge >= 0.3 is 19.4 Å². The van der Waals surface area contributed by atoms with E-state index >= 15 is 0 Å². The predicted molar refractivity (Wildman–Crippen MR) is 126 cm³/mol. The van der Waals surface area contributed by atoms with Gasteiger partial charge in [-0.2, -0.15) is 5.09 Å². The molecule has 0 radical (unpaired) electrons. The van der Waals surface area contributed by atoms with Crippen LogP contribution in [-0.4, -0.2) is 62.3 Å². The number of benzene rings is 1. The fourth-order valence-corrected chi connectivity index (χ4v) is 5.02. The van der Waals surface area contributed by atoms with Gasteiger partial charge in [0, 0.05) is 12.3 Å². The third kappa shape index (κ3) is 6.30. The van der Waals surface area contributed by atoms with E-state index in [2.05, 4.69) is 10.1 Å². The number of hydrogen-bond donors (Lipinski definition) is 4. The Kier molecular flexibility index (Phi) is 8.55. The maximum atomic E-state index is 13.6. The Morgan fingerprint density at radius 1 is 1.25 bits per heavy atom. The van der Waals surface area contributed by atoms with Crippen molar-refractivity contribution in [1.82, 2.24) is 14.6 Å². The number of aliphatic hydroxyl groups excluding tert-OH is 1. The monoisotopic (exact) mass is 527 g/mol. The van der Waals surface area contributed by atoms with E-state index in [1.165, 1.54) is 26.0 Å². The first kappa shape index (κ1) is 27.8. The molecule has 1 fully saturated rings. The van der Waals surface area contributed by atoms with Gasteiger partial charge in [0.25, 0.3) is 5.56 Å². The Morgan fingerprint density at radius 2 is 1.92 bits per heavy atom. The molecular formula is C22H30N3O10P. The molecule has 4 N–H and O–H groups in total. The van der Waals surface area contributed by atoms with Gasteiger partial charge in [-0.15, -0.1) is 0 Å². The van der Waals surface area contributed by atoms with Gasteiger partial charge in [-0.05, 0) is 39.8 Å². The lowest BCUT2D eigenvalue weighted by atomic mass is 9.96. The summed E-state index contributed by atoms with van der Waals surface area (Å²) in [6, 6.07) is 7.98. The SMILES string of the molecule is CC(C)OC(=O)[C@@H](C)NP(=O)(OC[C@H]1O[C@@H](n2c(=O)cc[nH]c2=O)[C@](C)(O)[C@@H]1O)Oc1ccccc1. The van der Waals surface area contributed by atoms with Crippen molar-refractivity contribution in [1.29, 1.82) is 0 Å². The van der Waals surface area contributed by atoms with Crippen molar-refractivity contribution in [3.05, 3.63) is 63.4 Å². The lowest BCUT2D eigenvalue weighted by molar-refractivity contribution is -0.149. The van der Waals surface area contributed by atoms with E-state index in [4.69, 9.17) is 18.5 Å². The minimum absolute atomic E-state index is 0.165. The number of H-pyrrole nitrogens is 1. The number of esters is 1. The van der Waals surface area contributed by atoms with E-state index in [1.54, 1.807) is 32.0 Å². The number of nitrogens with one attached hydrogen (secondary N) is 2. The van der Waals surface area contributed by atoms with E-state index in [0.29, 0.717) is 4.57 Å². The molecule has 0 amide bonds. The molecule has 1 saturated heterocycles. The highest BCUT2D eigenvalue weighted by molar-refractivity contribution is 7.52. The minimum Gasteiger partial charge on any atom is -0.462 e. The summed E-state index contributed by atoms with van der Waals surface area (Å²) in [6.07, 6.45) is -3.83. The molecule has 0 bridgehead atoms. The maximum Gasteiger partial charge on any atom is 0.459 e. The van der Waals surface area contributed by atoms with Gasteiger partial charge in [-0.1, -0.05) is 18.2 Å². The average Bonchev–Trinajstić information content (AvgIpc) is 3.01. The highest BCUT2D eigenvalue weighted by atomic mass is 31.2. The summed E-state index contributed by atoms with van der Waals surface area (Å²) in [5, 5.41) is 24.0. The Morgan fingerprint density at radius 3 is 2.53 bits per heavy atom. The van der Waals surface area contributed by atoms with Gasteiger partial charge in [0.15, 0.2) is 6.23 Å². The minimum atomic E-state index is -4.29. The Hall–Kier alpha value is -2.80. The molecule has 1 aromatic heterocycles. The first-order chi connectivity index (χ1) is 16.8. The molecule has 1 unspecified atom stereocenters. The maximum absolute atomic E-state index is 13.6. The molecule has 1 aromatic carbocycles. The lowest BCUT2D eigenvalue weighted by Crippen LogP contribution is -2.49. The number of para-hydroxylation sites is 1. The fourth-order valence-electron chi connectivity index (χ4n) is 3.51. The number of carbonyl (C=O) groups excluding carboxylic acids is 1. The van der Waals surface area contributed by atoms with Gasteiger partial charge in [0.05, 0.1) is 12.7 Å². The Balaban J connectivity index is 1.81. The zero-order chi connectivity index (χ0) is 26.7. The number of carbonyl (C=O) groups is 1. The van der Waals surface area contributed by atoms with Crippen LogP contribution in [0.5, 0.6) is 5.75 Å². The van der Waals surface area contributed by atoms with Crippen LogP contribution in [0, 0.1) is 0 Å². The number of aromatic nitrogens is 2. The third-order valence-corrected chi connectivity index (χ3v) is 6.96. The van der Waals surface area contributed by atoms with Crippen molar-refractivity contribution in [2.45, 2.75) is 63.9 Å². The summed E-state index contributed by atoms with van der Waals surface area (Å²) in [6.45, 7) is 5.31. The van der Waals surface area contributed by atoms with E-state index in [9.17, 15) is 29.2 Å². The van der Waals surface area contributed by atoms with Crippen LogP contribution in [-0.2, 0) is 23.4 Å². The standard InChI is InChI=1S/C22H30N3O10P/c1-13(2)33-19(28)14(3)24-36(31,35-15-8-6-5-7-9-15)32-12-16-18(27)22(4,30)20(34-16)25-17(26)10-11-23-21(25)29/h5-11,13-14,16,18,20,27,30H,12H2,1-4H3,(H,23,29)(H,24,31)/t14-,16-,18-,20-,22-,36?/m1/s1. The first-order valence-electron chi connectivity index (χ1n) is 11.2. The molecule has 36 heavy (non-hydrogen) atoms. The second kappa shape index (κ2) is 11.1. The van der Waals surface area contributed by atoms with Crippen LogP contribution in [0.1, 0.15) is 33.9 Å². The zero-order valence-corrected chi connectivity index (χ0v) is 21.1. The number of hydrogen-bond acceptors (Lipinski definition) is 10. The predicted octanol–water partition coefficient (Wildman–Crippen LogP) is 0.679. The van der Waals surface area contributed by atoms with E-state index in [-0.39, 0.29) is 5.75 Å². The largest absolute Gasteiger partial charge is 0.462 e. The molecule has 6 atom stereocenters. The van der Waals surface area contributed by atoms with Gasteiger partial charge < -0.3 is 29.2 Å². The van der Waals surface area contributed by atoms with Gasteiger partial charge in [0.1, 0.15) is 29.6 Å². The van der Waals surface area contributed by atoms with Crippen LogP contribution < -0.4 is 20.9 Å². The van der Waals surface area contributed by atoms with Crippen molar-refractivity contribution >= 4 is 13.7 Å². The second-order valence-electron chi connectivity index (χ2n) is 8.72.